The van der Waals surface area contributed by atoms with Gasteiger partial charge in [-0.3, -0.25) is 37.3 Å². The molecule has 77 heavy (non-hydrogen) atoms. The number of rotatable bonds is 59. The van der Waals surface area contributed by atoms with Gasteiger partial charge in [0.25, 0.3) is 0 Å². The number of aliphatic hydroxyl groups excluding tert-OH is 1. The van der Waals surface area contributed by atoms with E-state index in [2.05, 4.69) is 27.7 Å². The molecule has 0 radical (unpaired) electrons. The number of phosphoric acid groups is 2. The molecule has 0 aliphatic carbocycles. The molecule has 0 amide bonds. The number of carbonyl (C=O) groups excluding carboxylic acids is 4. The first-order valence-corrected chi connectivity index (χ1v) is 33.8. The van der Waals surface area contributed by atoms with E-state index in [4.69, 9.17) is 37.0 Å². The average molecular weight is 1140 g/mol. The molecular formula is C58H112O17P2. The monoisotopic (exact) mass is 1140 g/mol. The number of ether oxygens (including phenoxy) is 4. The predicted octanol–water partition coefficient (Wildman–Crippen LogP) is 15.6. The van der Waals surface area contributed by atoms with Crippen molar-refractivity contribution in [1.82, 2.24) is 0 Å². The second-order valence-electron chi connectivity index (χ2n) is 21.0. The van der Waals surface area contributed by atoms with Gasteiger partial charge in [-0.15, -0.1) is 0 Å². The highest BCUT2D eigenvalue weighted by Crippen LogP contribution is 2.45. The summed E-state index contributed by atoms with van der Waals surface area (Å²) in [5.74, 6) is -2.14. The molecule has 0 saturated heterocycles. The highest BCUT2D eigenvalue weighted by Gasteiger charge is 2.30. The minimum absolute atomic E-state index is 0.106. The molecule has 17 nitrogen and oxygen atoms in total. The zero-order chi connectivity index (χ0) is 56.9. The van der Waals surface area contributed by atoms with E-state index in [1.54, 1.807) is 0 Å². The van der Waals surface area contributed by atoms with Crippen LogP contribution in [0.3, 0.4) is 0 Å². The lowest BCUT2D eigenvalue weighted by atomic mass is 10.1. The Hall–Kier alpha value is -1.94. The van der Waals surface area contributed by atoms with Crippen LogP contribution in [0.1, 0.15) is 291 Å². The van der Waals surface area contributed by atoms with Gasteiger partial charge in [-0.05, 0) is 25.7 Å². The van der Waals surface area contributed by atoms with Crippen LogP contribution in [0.15, 0.2) is 0 Å². The largest absolute Gasteiger partial charge is 0.472 e. The van der Waals surface area contributed by atoms with Gasteiger partial charge in [0, 0.05) is 25.7 Å². The smallest absolute Gasteiger partial charge is 0.462 e. The number of aliphatic hydroxyl groups is 1. The lowest BCUT2D eigenvalue weighted by molar-refractivity contribution is -0.161. The molecule has 19 heteroatoms. The van der Waals surface area contributed by atoms with Gasteiger partial charge in [0.2, 0.25) is 0 Å². The first kappa shape index (κ1) is 75.1. The molecule has 0 heterocycles. The van der Waals surface area contributed by atoms with Crippen molar-refractivity contribution in [1.29, 1.82) is 0 Å². The van der Waals surface area contributed by atoms with E-state index in [0.717, 1.165) is 96.3 Å². The molecule has 0 aromatic carbocycles. The van der Waals surface area contributed by atoms with E-state index in [1.165, 1.54) is 116 Å². The first-order valence-electron chi connectivity index (χ1n) is 30.8. The predicted molar refractivity (Wildman–Crippen MR) is 303 cm³/mol. The van der Waals surface area contributed by atoms with Crippen molar-refractivity contribution in [3.8, 4) is 0 Å². The molecule has 0 saturated carbocycles. The van der Waals surface area contributed by atoms with Gasteiger partial charge in [-0.2, -0.15) is 0 Å². The molecule has 3 N–H and O–H groups in total. The fourth-order valence-corrected chi connectivity index (χ4v) is 10.2. The van der Waals surface area contributed by atoms with Crippen molar-refractivity contribution >= 4 is 39.5 Å². The van der Waals surface area contributed by atoms with Crippen LogP contribution in [-0.4, -0.2) is 96.7 Å². The van der Waals surface area contributed by atoms with Gasteiger partial charge in [0.1, 0.15) is 19.3 Å². The van der Waals surface area contributed by atoms with Crippen LogP contribution in [0.4, 0.5) is 0 Å². The lowest BCUT2D eigenvalue weighted by Gasteiger charge is -2.21. The molecule has 0 aliphatic rings. The molecule has 0 aromatic heterocycles. The average Bonchev–Trinajstić information content (AvgIpc) is 3.40. The number of phosphoric ester groups is 2. The maximum atomic E-state index is 12.9. The van der Waals surface area contributed by atoms with Crippen LogP contribution >= 0.6 is 15.6 Å². The number of unbranched alkanes of at least 4 members (excludes halogenated alkanes) is 33. The van der Waals surface area contributed by atoms with E-state index in [9.17, 15) is 43.2 Å². The van der Waals surface area contributed by atoms with Gasteiger partial charge in [0.05, 0.1) is 26.4 Å². The minimum Gasteiger partial charge on any atom is -0.462 e. The molecule has 0 spiro atoms. The summed E-state index contributed by atoms with van der Waals surface area (Å²) < 4.78 is 67.6. The number of hydrogen-bond donors (Lipinski definition) is 3. The Kier molecular flexibility index (Phi) is 52.0. The maximum Gasteiger partial charge on any atom is 0.472 e. The maximum absolute atomic E-state index is 12.9. The van der Waals surface area contributed by atoms with Gasteiger partial charge >= 0.3 is 39.5 Å². The molecule has 2 unspecified atom stereocenters. The molecule has 0 rings (SSSR count). The summed E-state index contributed by atoms with van der Waals surface area (Å²) >= 11 is 0. The second kappa shape index (κ2) is 53.4. The van der Waals surface area contributed by atoms with E-state index >= 15 is 0 Å². The zero-order valence-electron chi connectivity index (χ0n) is 48.9. The third-order valence-corrected chi connectivity index (χ3v) is 15.3. The van der Waals surface area contributed by atoms with E-state index in [-0.39, 0.29) is 25.7 Å². The Balaban J connectivity index is 5.21. The number of hydrogen-bond acceptors (Lipinski definition) is 15. The Bertz CT molecular complexity index is 1500. The number of esters is 4. The van der Waals surface area contributed by atoms with Crippen molar-refractivity contribution in [2.24, 2.45) is 0 Å². The summed E-state index contributed by atoms with van der Waals surface area (Å²) in [6, 6.07) is 0. The summed E-state index contributed by atoms with van der Waals surface area (Å²) in [6.07, 6.45) is 36.2. The molecule has 456 valence electrons. The Morgan fingerprint density at radius 3 is 0.766 bits per heavy atom. The molecule has 0 bridgehead atoms. The van der Waals surface area contributed by atoms with Crippen LogP contribution in [0.25, 0.3) is 0 Å². The molecule has 0 aliphatic heterocycles. The van der Waals surface area contributed by atoms with Crippen LogP contribution in [0, 0.1) is 0 Å². The summed E-state index contributed by atoms with van der Waals surface area (Å²) in [6.45, 7) is 4.79. The van der Waals surface area contributed by atoms with Gasteiger partial charge < -0.3 is 33.8 Å². The molecule has 0 aromatic rings. The van der Waals surface area contributed by atoms with Crippen LogP contribution in [0.2, 0.25) is 0 Å². The van der Waals surface area contributed by atoms with Crippen molar-refractivity contribution in [3.63, 3.8) is 0 Å². The standard InChI is InChI=1S/C58H112O17P2/c1-5-9-13-17-21-25-28-31-35-39-43-56(61)69-49-54(75-58(63)45-41-37-33-29-26-22-18-14-10-6-2)51-73-77(66,67)71-47-52(59)46-70-76(64,65)72-50-53(48-68-55(60)42-38-34-30-24-20-16-12-8-4)74-57(62)44-40-36-32-27-23-19-15-11-7-3/h52-54,59H,5-51H2,1-4H3,(H,64,65)(H,66,67)/t52-,53+,54+/m0/s1. The van der Waals surface area contributed by atoms with E-state index in [1.807, 2.05) is 0 Å². The number of carbonyl (C=O) groups is 4. The van der Waals surface area contributed by atoms with Crippen molar-refractivity contribution < 1.29 is 80.2 Å². The van der Waals surface area contributed by atoms with Crippen LogP contribution in [0.5, 0.6) is 0 Å². The first-order chi connectivity index (χ1) is 37.2. The highest BCUT2D eigenvalue weighted by atomic mass is 31.2. The van der Waals surface area contributed by atoms with Crippen molar-refractivity contribution in [3.05, 3.63) is 0 Å². The minimum atomic E-state index is -4.93. The highest BCUT2D eigenvalue weighted by molar-refractivity contribution is 7.47. The fourth-order valence-electron chi connectivity index (χ4n) is 8.57. The zero-order valence-corrected chi connectivity index (χ0v) is 50.7. The Morgan fingerprint density at radius 2 is 0.519 bits per heavy atom. The van der Waals surface area contributed by atoms with Gasteiger partial charge in [-0.1, -0.05) is 240 Å². The fraction of sp³-hybridized carbons (Fsp3) is 0.931. The SMILES string of the molecule is CCCCCCCCCCCCC(=O)OC[C@H](COP(=O)(O)OC[C@@H](O)COP(=O)(O)OC[C@@H](COC(=O)CCCCCCCCCC)OC(=O)CCCCCCCCCCC)OC(=O)CCCCCCCCCCCC. The van der Waals surface area contributed by atoms with Gasteiger partial charge in [0.15, 0.2) is 12.2 Å². The summed E-state index contributed by atoms with van der Waals surface area (Å²) in [5, 5.41) is 10.5. The van der Waals surface area contributed by atoms with Crippen LogP contribution in [-0.2, 0) is 65.4 Å². The van der Waals surface area contributed by atoms with Crippen molar-refractivity contribution in [2.45, 2.75) is 309 Å². The molecular weight excluding hydrogens is 1030 g/mol. The third-order valence-electron chi connectivity index (χ3n) is 13.4. The topological polar surface area (TPSA) is 237 Å². The Labute approximate surface area is 467 Å². The normalized spacial score (nSPS) is 14.3. The van der Waals surface area contributed by atoms with Gasteiger partial charge in [-0.25, -0.2) is 9.13 Å². The lowest BCUT2D eigenvalue weighted by Crippen LogP contribution is -2.30. The van der Waals surface area contributed by atoms with E-state index in [0.29, 0.717) is 25.7 Å². The van der Waals surface area contributed by atoms with E-state index < -0.39 is 97.5 Å². The summed E-state index contributed by atoms with van der Waals surface area (Å²) in [4.78, 5) is 71.8. The summed E-state index contributed by atoms with van der Waals surface area (Å²) in [5.41, 5.74) is 0. The third kappa shape index (κ3) is 53.2. The quantitative estimate of drug-likeness (QED) is 0.0222. The second-order valence-corrected chi connectivity index (χ2v) is 23.9. The Morgan fingerprint density at radius 1 is 0.312 bits per heavy atom. The van der Waals surface area contributed by atoms with Crippen LogP contribution < -0.4 is 0 Å². The summed E-state index contributed by atoms with van der Waals surface area (Å²) in [7, 11) is -9.86. The van der Waals surface area contributed by atoms with Crippen molar-refractivity contribution in [2.75, 3.05) is 39.6 Å². The molecule has 0 fully saturated rings. The molecule has 5 atom stereocenters.